The molecule has 0 unspecified atom stereocenters. The van der Waals surface area contributed by atoms with Gasteiger partial charge in [-0.05, 0) is 47.2 Å². The molecule has 4 nitrogen and oxygen atoms in total. The van der Waals surface area contributed by atoms with Crippen LogP contribution >= 0.6 is 0 Å². The van der Waals surface area contributed by atoms with Gasteiger partial charge in [0.15, 0.2) is 5.69 Å². The predicted molar refractivity (Wildman–Crippen MR) is 102 cm³/mol. The van der Waals surface area contributed by atoms with Gasteiger partial charge in [0.1, 0.15) is 0 Å². The van der Waals surface area contributed by atoms with E-state index in [1.165, 1.54) is 11.1 Å². The Kier molecular flexibility index (Phi) is 4.20. The molecule has 4 rings (SSSR count). The highest BCUT2D eigenvalue weighted by molar-refractivity contribution is 5.95. The Bertz CT molecular complexity index is 1000. The van der Waals surface area contributed by atoms with Crippen molar-refractivity contribution in [2.24, 2.45) is 0 Å². The number of benzene rings is 2. The monoisotopic (exact) mass is 339 g/mol. The molecule has 3 aromatic rings. The van der Waals surface area contributed by atoms with Crippen molar-refractivity contribution in [3.63, 3.8) is 0 Å². The number of carbonyl (C=O) groups excluding carboxylic acids is 1. The zero-order chi connectivity index (χ0) is 17.9. The van der Waals surface area contributed by atoms with E-state index in [-0.39, 0.29) is 5.91 Å². The van der Waals surface area contributed by atoms with Gasteiger partial charge in [-0.3, -0.25) is 9.78 Å². The summed E-state index contributed by atoms with van der Waals surface area (Å²) in [7, 11) is 0. The van der Waals surface area contributed by atoms with Gasteiger partial charge in [-0.2, -0.15) is 0 Å². The van der Waals surface area contributed by atoms with Crippen molar-refractivity contribution in [2.45, 2.75) is 19.3 Å². The van der Waals surface area contributed by atoms with Crippen molar-refractivity contribution in [1.82, 2.24) is 4.98 Å². The van der Waals surface area contributed by atoms with E-state index in [1.807, 2.05) is 42.6 Å². The van der Waals surface area contributed by atoms with Crippen LogP contribution in [-0.4, -0.2) is 10.9 Å². The summed E-state index contributed by atoms with van der Waals surface area (Å²) in [5.74, 6) is 0.0685. The number of pyridine rings is 1. The Morgan fingerprint density at radius 1 is 1.08 bits per heavy atom. The fourth-order valence-corrected chi connectivity index (χ4v) is 3.43. The molecule has 0 saturated heterocycles. The molecule has 126 valence electrons. The second kappa shape index (κ2) is 6.81. The molecule has 0 bridgehead atoms. The van der Waals surface area contributed by atoms with Crippen molar-refractivity contribution in [3.8, 4) is 11.1 Å². The van der Waals surface area contributed by atoms with Crippen LogP contribution in [0.4, 0.5) is 11.4 Å². The first-order valence-electron chi connectivity index (χ1n) is 8.56. The van der Waals surface area contributed by atoms with E-state index in [4.69, 9.17) is 6.57 Å². The summed E-state index contributed by atoms with van der Waals surface area (Å²) in [6, 6.07) is 15.7. The molecule has 0 saturated carbocycles. The second-order valence-electron chi connectivity index (χ2n) is 6.36. The first-order chi connectivity index (χ1) is 12.7. The molecule has 0 fully saturated rings. The Morgan fingerprint density at radius 2 is 1.92 bits per heavy atom. The van der Waals surface area contributed by atoms with E-state index < -0.39 is 0 Å². The van der Waals surface area contributed by atoms with Gasteiger partial charge in [0, 0.05) is 30.1 Å². The summed E-state index contributed by atoms with van der Waals surface area (Å²) in [5, 5.41) is 2.99. The maximum absolute atomic E-state index is 11.8. The van der Waals surface area contributed by atoms with Crippen molar-refractivity contribution < 1.29 is 4.79 Å². The molecule has 1 N–H and O–H groups in total. The van der Waals surface area contributed by atoms with E-state index in [1.54, 1.807) is 6.20 Å². The van der Waals surface area contributed by atoms with Crippen LogP contribution in [0.15, 0.2) is 60.9 Å². The molecule has 4 heteroatoms. The fourth-order valence-electron chi connectivity index (χ4n) is 3.43. The molecule has 0 spiro atoms. The van der Waals surface area contributed by atoms with Crippen LogP contribution in [0.25, 0.3) is 16.0 Å². The number of anilines is 1. The largest absolute Gasteiger partial charge is 0.326 e. The summed E-state index contributed by atoms with van der Waals surface area (Å²) in [4.78, 5) is 19.5. The summed E-state index contributed by atoms with van der Waals surface area (Å²) >= 11 is 0. The number of nitrogens with zero attached hydrogens (tertiary/aromatic N) is 2. The third kappa shape index (κ3) is 3.07. The van der Waals surface area contributed by atoms with Crippen molar-refractivity contribution in [1.29, 1.82) is 0 Å². The number of nitrogens with one attached hydrogen (secondary N) is 1. The average molecular weight is 339 g/mol. The van der Waals surface area contributed by atoms with Crippen LogP contribution in [0.5, 0.6) is 0 Å². The van der Waals surface area contributed by atoms with Crippen LogP contribution in [0.1, 0.15) is 23.1 Å². The number of hydrogen-bond acceptors (Lipinski definition) is 2. The molecule has 1 aliphatic heterocycles. The van der Waals surface area contributed by atoms with Crippen molar-refractivity contribution >= 4 is 17.3 Å². The highest BCUT2D eigenvalue weighted by atomic mass is 16.1. The van der Waals surface area contributed by atoms with E-state index in [0.29, 0.717) is 12.1 Å². The first kappa shape index (κ1) is 16.0. The lowest BCUT2D eigenvalue weighted by Crippen LogP contribution is -2.20. The molecule has 1 aromatic heterocycles. The highest BCUT2D eigenvalue weighted by Gasteiger charge is 2.21. The van der Waals surface area contributed by atoms with E-state index in [2.05, 4.69) is 27.3 Å². The minimum absolute atomic E-state index is 0.0685. The maximum Gasteiger partial charge on any atom is 0.224 e. The smallest absolute Gasteiger partial charge is 0.224 e. The molecular formula is C22H17N3O. The number of aromatic nitrogens is 1. The quantitative estimate of drug-likeness (QED) is 0.698. The predicted octanol–water partition coefficient (Wildman–Crippen LogP) is 4.77. The Labute approximate surface area is 152 Å². The molecule has 2 heterocycles. The lowest BCUT2D eigenvalue weighted by atomic mass is 9.87. The van der Waals surface area contributed by atoms with Crippen LogP contribution < -0.4 is 5.32 Å². The van der Waals surface area contributed by atoms with Gasteiger partial charge in [0.2, 0.25) is 5.91 Å². The van der Waals surface area contributed by atoms with Gasteiger partial charge in [-0.15, -0.1) is 0 Å². The number of carbonyl (C=O) groups is 1. The van der Waals surface area contributed by atoms with Crippen molar-refractivity contribution in [2.75, 3.05) is 5.32 Å². The molecule has 26 heavy (non-hydrogen) atoms. The minimum atomic E-state index is 0.0685. The normalized spacial score (nSPS) is 12.8. The van der Waals surface area contributed by atoms with Gasteiger partial charge >= 0.3 is 0 Å². The molecular weight excluding hydrogens is 322 g/mol. The third-order valence-electron chi connectivity index (χ3n) is 4.73. The van der Waals surface area contributed by atoms with Gasteiger partial charge in [-0.1, -0.05) is 36.4 Å². The SMILES string of the molecule is [C-]#[N+]c1ccc(Cc2c(-c3cccnc3)ccc3c2CCC(=O)N3)cc1. The van der Waals surface area contributed by atoms with Crippen LogP contribution in [-0.2, 0) is 17.6 Å². The summed E-state index contributed by atoms with van der Waals surface area (Å²) in [5.41, 5.74) is 7.31. The third-order valence-corrected chi connectivity index (χ3v) is 4.73. The topological polar surface area (TPSA) is 46.4 Å². The molecule has 1 amide bonds. The van der Waals surface area contributed by atoms with E-state index in [0.717, 1.165) is 35.2 Å². The molecule has 1 aliphatic rings. The lowest BCUT2D eigenvalue weighted by Gasteiger charge is -2.23. The van der Waals surface area contributed by atoms with Crippen LogP contribution in [0.3, 0.4) is 0 Å². The lowest BCUT2D eigenvalue weighted by molar-refractivity contribution is -0.116. The summed E-state index contributed by atoms with van der Waals surface area (Å²) in [6.45, 7) is 7.10. The van der Waals surface area contributed by atoms with Gasteiger partial charge in [0.25, 0.3) is 0 Å². The zero-order valence-electron chi connectivity index (χ0n) is 14.2. The number of rotatable bonds is 3. The maximum atomic E-state index is 11.8. The molecule has 0 aliphatic carbocycles. The highest BCUT2D eigenvalue weighted by Crippen LogP contribution is 2.35. The number of fused-ring (bicyclic) bond motifs is 1. The van der Waals surface area contributed by atoms with Gasteiger partial charge in [-0.25, -0.2) is 4.85 Å². The summed E-state index contributed by atoms with van der Waals surface area (Å²) in [6.07, 6.45) is 5.64. The molecule has 2 aromatic carbocycles. The number of hydrogen-bond donors (Lipinski definition) is 1. The Balaban J connectivity index is 1.82. The zero-order valence-corrected chi connectivity index (χ0v) is 14.2. The number of amides is 1. The molecule has 0 radical (unpaired) electrons. The van der Waals surface area contributed by atoms with Crippen LogP contribution in [0, 0.1) is 6.57 Å². The Hall–Kier alpha value is -3.45. The second-order valence-corrected chi connectivity index (χ2v) is 6.36. The van der Waals surface area contributed by atoms with Crippen molar-refractivity contribution in [3.05, 3.63) is 89.0 Å². The summed E-state index contributed by atoms with van der Waals surface area (Å²) < 4.78 is 0. The molecule has 0 atom stereocenters. The van der Waals surface area contributed by atoms with E-state index in [9.17, 15) is 4.79 Å². The van der Waals surface area contributed by atoms with Crippen LogP contribution in [0.2, 0.25) is 0 Å². The first-order valence-corrected chi connectivity index (χ1v) is 8.56. The van der Waals surface area contributed by atoms with Gasteiger partial charge < -0.3 is 5.32 Å². The average Bonchev–Trinajstić information content (AvgIpc) is 2.69. The van der Waals surface area contributed by atoms with E-state index >= 15 is 0 Å². The Morgan fingerprint density at radius 3 is 2.65 bits per heavy atom. The van der Waals surface area contributed by atoms with Gasteiger partial charge in [0.05, 0.1) is 6.57 Å². The fraction of sp³-hybridized carbons (Fsp3) is 0.136. The standard InChI is InChI=1S/C22H17N3O/c1-23-17-6-4-15(5-7-17)13-20-18(16-3-2-12-24-14-16)8-10-21-19(20)9-11-22(26)25-21/h2-8,10,12,14H,9,11,13H2,(H,25,26). The minimum Gasteiger partial charge on any atom is -0.326 e.